The maximum Gasteiger partial charge on any atom is 0.407 e. The number of carbonyl (C=O) groups is 1. The van der Waals surface area contributed by atoms with E-state index in [4.69, 9.17) is 10.8 Å². The van der Waals surface area contributed by atoms with Gasteiger partial charge >= 0.3 is 6.09 Å². The van der Waals surface area contributed by atoms with Crippen molar-refractivity contribution in [2.75, 3.05) is 19.8 Å². The van der Waals surface area contributed by atoms with Gasteiger partial charge in [0.05, 0.1) is 6.67 Å². The predicted octanol–water partition coefficient (Wildman–Crippen LogP) is 0.427. The first kappa shape index (κ1) is 8.74. The highest BCUT2D eigenvalue weighted by Gasteiger charge is 2.58. The van der Waals surface area contributed by atoms with Gasteiger partial charge in [0.2, 0.25) is 0 Å². The summed E-state index contributed by atoms with van der Waals surface area (Å²) in [6, 6.07) is 0. The number of nitrogens with zero attached hydrogens (tertiary/aromatic N) is 1. The molecule has 2 bridgehead atoms. The van der Waals surface area contributed by atoms with Crippen molar-refractivity contribution >= 4 is 6.09 Å². The monoisotopic (exact) mass is 188 g/mol. The molecule has 0 unspecified atom stereocenters. The highest BCUT2D eigenvalue weighted by Crippen LogP contribution is 2.51. The smallest absolute Gasteiger partial charge is 0.407 e. The van der Waals surface area contributed by atoms with E-state index in [-0.39, 0.29) is 0 Å². The Morgan fingerprint density at radius 2 is 2.15 bits per heavy atom. The minimum atomic E-state index is -0.993. The van der Waals surface area contributed by atoms with Gasteiger partial charge in [-0.25, -0.2) is 4.79 Å². The van der Waals surface area contributed by atoms with E-state index in [1.54, 1.807) is 0 Å². The maximum atomic E-state index is 12.6. The summed E-state index contributed by atoms with van der Waals surface area (Å²) in [5.41, 5.74) is 4.94. The van der Waals surface area contributed by atoms with Crippen LogP contribution in [-0.4, -0.2) is 41.4 Å². The fraction of sp³-hybridized carbons (Fsp3) is 0.875. The Morgan fingerprint density at radius 1 is 1.54 bits per heavy atom. The third-order valence-electron chi connectivity index (χ3n) is 3.04. The van der Waals surface area contributed by atoms with E-state index >= 15 is 0 Å². The molecule has 2 aliphatic heterocycles. The number of fused-ring (bicyclic) bond motifs is 2. The second-order valence-corrected chi connectivity index (χ2v) is 4.49. The van der Waals surface area contributed by atoms with Crippen LogP contribution in [0.5, 0.6) is 0 Å². The molecule has 2 heterocycles. The highest BCUT2D eigenvalue weighted by molar-refractivity contribution is 5.65. The van der Waals surface area contributed by atoms with E-state index in [0.29, 0.717) is 25.9 Å². The summed E-state index contributed by atoms with van der Waals surface area (Å²) < 4.78 is 12.6. The average molecular weight is 188 g/mol. The zero-order valence-electron chi connectivity index (χ0n) is 7.29. The first-order chi connectivity index (χ1) is 5.99. The molecule has 4 nitrogen and oxygen atoms in total. The fourth-order valence-corrected chi connectivity index (χ4v) is 2.78. The summed E-state index contributed by atoms with van der Waals surface area (Å²) in [6.07, 6.45) is 0.257. The Labute approximate surface area is 75.5 Å². The first-order valence-corrected chi connectivity index (χ1v) is 4.31. The lowest BCUT2D eigenvalue weighted by atomic mass is 9.55. The average Bonchev–Trinajstić information content (AvgIpc) is 2.01. The molecule has 1 aliphatic carbocycles. The summed E-state index contributed by atoms with van der Waals surface area (Å²) >= 11 is 0. The van der Waals surface area contributed by atoms with Gasteiger partial charge in [0.1, 0.15) is 0 Å². The summed E-state index contributed by atoms with van der Waals surface area (Å²) in [4.78, 5) is 11.9. The van der Waals surface area contributed by atoms with Crippen molar-refractivity contribution in [3.05, 3.63) is 0 Å². The van der Waals surface area contributed by atoms with E-state index in [9.17, 15) is 9.18 Å². The van der Waals surface area contributed by atoms with Crippen LogP contribution in [0.2, 0.25) is 0 Å². The zero-order chi connectivity index (χ0) is 9.69. The minimum absolute atomic E-state index is 0.303. The molecule has 0 aromatic rings. The molecule has 2 saturated heterocycles. The van der Waals surface area contributed by atoms with Gasteiger partial charge in [-0.15, -0.1) is 0 Å². The van der Waals surface area contributed by atoms with Gasteiger partial charge in [-0.2, -0.15) is 0 Å². The topological polar surface area (TPSA) is 66.6 Å². The molecule has 74 valence electrons. The van der Waals surface area contributed by atoms with Gasteiger partial charge in [0.25, 0.3) is 0 Å². The van der Waals surface area contributed by atoms with Crippen LogP contribution >= 0.6 is 0 Å². The van der Waals surface area contributed by atoms with Gasteiger partial charge < -0.3 is 15.7 Å². The third kappa shape index (κ3) is 1.18. The van der Waals surface area contributed by atoms with Gasteiger partial charge in [-0.1, -0.05) is 0 Å². The highest BCUT2D eigenvalue weighted by atomic mass is 19.1. The molecular weight excluding hydrogens is 175 g/mol. The van der Waals surface area contributed by atoms with Crippen molar-refractivity contribution < 1.29 is 14.3 Å². The van der Waals surface area contributed by atoms with Crippen LogP contribution in [-0.2, 0) is 0 Å². The number of hydrogen-bond donors (Lipinski definition) is 2. The molecule has 0 aromatic heterocycles. The van der Waals surface area contributed by atoms with E-state index in [0.717, 1.165) is 0 Å². The Morgan fingerprint density at radius 3 is 2.62 bits per heavy atom. The number of amides is 1. The van der Waals surface area contributed by atoms with Crippen LogP contribution in [0.25, 0.3) is 0 Å². The van der Waals surface area contributed by atoms with E-state index in [1.165, 1.54) is 4.90 Å². The number of halogens is 1. The molecule has 0 aromatic carbocycles. The third-order valence-corrected chi connectivity index (χ3v) is 3.04. The second kappa shape index (κ2) is 2.35. The number of alkyl halides is 1. The Balaban J connectivity index is 2.12. The SMILES string of the molecule is NC12CN(C(=O)O)CC(CF)(C1)C2. The van der Waals surface area contributed by atoms with Crippen molar-refractivity contribution in [3.8, 4) is 0 Å². The molecule has 3 rings (SSSR count). The van der Waals surface area contributed by atoms with Crippen LogP contribution in [0.1, 0.15) is 12.8 Å². The van der Waals surface area contributed by atoms with Crippen LogP contribution in [0.15, 0.2) is 0 Å². The summed E-state index contributed by atoms with van der Waals surface area (Å²) in [7, 11) is 0. The number of carboxylic acid groups (broad SMARTS) is 1. The summed E-state index contributed by atoms with van der Waals surface area (Å²) in [6.45, 7) is 0.192. The van der Waals surface area contributed by atoms with E-state index in [1.807, 2.05) is 0 Å². The van der Waals surface area contributed by atoms with Crippen molar-refractivity contribution in [1.82, 2.24) is 4.90 Å². The van der Waals surface area contributed by atoms with Gasteiger partial charge in [-0.3, -0.25) is 4.39 Å². The van der Waals surface area contributed by atoms with E-state index < -0.39 is 23.7 Å². The Bertz CT molecular complexity index is 251. The van der Waals surface area contributed by atoms with Crippen molar-refractivity contribution in [2.24, 2.45) is 11.1 Å². The van der Waals surface area contributed by atoms with Crippen LogP contribution in [0.3, 0.4) is 0 Å². The number of nitrogens with two attached hydrogens (primary N) is 1. The molecule has 3 aliphatic rings. The zero-order valence-corrected chi connectivity index (χ0v) is 7.29. The lowest BCUT2D eigenvalue weighted by Crippen LogP contribution is -2.72. The molecule has 0 atom stereocenters. The molecular formula is C8H13FN2O2. The normalized spacial score (nSPS) is 42.8. The first-order valence-electron chi connectivity index (χ1n) is 4.31. The lowest BCUT2D eigenvalue weighted by molar-refractivity contribution is -0.0819. The second-order valence-electron chi connectivity index (χ2n) is 4.49. The van der Waals surface area contributed by atoms with Crippen LogP contribution in [0, 0.1) is 5.41 Å². The van der Waals surface area contributed by atoms with Crippen molar-refractivity contribution in [2.45, 2.75) is 18.4 Å². The minimum Gasteiger partial charge on any atom is -0.465 e. The van der Waals surface area contributed by atoms with Crippen molar-refractivity contribution in [3.63, 3.8) is 0 Å². The van der Waals surface area contributed by atoms with Gasteiger partial charge in [-0.05, 0) is 12.8 Å². The van der Waals surface area contributed by atoms with Gasteiger partial charge in [0, 0.05) is 24.0 Å². The molecule has 0 radical (unpaired) electrons. The molecule has 0 spiro atoms. The molecule has 5 heteroatoms. The predicted molar refractivity (Wildman–Crippen MR) is 44.2 cm³/mol. The molecule has 1 saturated carbocycles. The van der Waals surface area contributed by atoms with Crippen molar-refractivity contribution in [1.29, 1.82) is 0 Å². The molecule has 1 amide bonds. The quantitative estimate of drug-likeness (QED) is 0.627. The maximum absolute atomic E-state index is 12.6. The lowest BCUT2D eigenvalue weighted by Gasteiger charge is -2.60. The standard InChI is InChI=1S/C8H13FN2O2/c9-3-7-1-8(10,2-7)5-11(4-7)6(12)13/h1-5,10H2,(H,12,13). The molecule has 13 heavy (non-hydrogen) atoms. The Hall–Kier alpha value is -0.840. The van der Waals surface area contributed by atoms with E-state index in [2.05, 4.69) is 0 Å². The Kier molecular flexibility index (Phi) is 1.58. The fourth-order valence-electron chi connectivity index (χ4n) is 2.78. The summed E-state index contributed by atoms with van der Waals surface area (Å²) in [5, 5.41) is 8.75. The molecule has 3 N–H and O–H groups in total. The summed E-state index contributed by atoms with van der Waals surface area (Å²) in [5.74, 6) is 0. The van der Waals surface area contributed by atoms with Crippen LogP contribution in [0.4, 0.5) is 9.18 Å². The largest absolute Gasteiger partial charge is 0.465 e. The number of rotatable bonds is 1. The van der Waals surface area contributed by atoms with Gasteiger partial charge in [0.15, 0.2) is 0 Å². The number of hydrogen-bond acceptors (Lipinski definition) is 2. The molecule has 3 fully saturated rings. The number of piperidine rings is 2. The van der Waals surface area contributed by atoms with Crippen LogP contribution < -0.4 is 5.73 Å².